The molecule has 0 saturated heterocycles. The van der Waals surface area contributed by atoms with E-state index in [1.165, 1.54) is 15.1 Å². The van der Waals surface area contributed by atoms with Gasteiger partial charge in [-0.1, -0.05) is 38.1 Å². The Kier molecular flexibility index (Phi) is 6.84. The van der Waals surface area contributed by atoms with Crippen molar-refractivity contribution >= 4 is 37.9 Å². The van der Waals surface area contributed by atoms with Crippen molar-refractivity contribution in [3.05, 3.63) is 36.0 Å². The summed E-state index contributed by atoms with van der Waals surface area (Å²) in [4.78, 5) is 0.0241. The summed E-state index contributed by atoms with van der Waals surface area (Å²) in [6, 6.07) is 8.12. The van der Waals surface area contributed by atoms with E-state index in [0.717, 1.165) is 0 Å². The van der Waals surface area contributed by atoms with Crippen molar-refractivity contribution in [3.63, 3.8) is 0 Å². The number of sulfonamides is 1. The van der Waals surface area contributed by atoms with Crippen LogP contribution in [0, 0.1) is 6.92 Å². The van der Waals surface area contributed by atoms with Gasteiger partial charge in [0.25, 0.3) is 0 Å². The standard InChI is InChI=1S/C20H25N7O4S/c1-5-26(6-2)32(30,31)17-12-16(21-25-29)19(15-11-9-8-10-14(15)17)23-22-18-13(4)24-27(7-3)20(18)28/h8-12,28H,5-7H2,1-4H3,(H,21,29). The third-order valence-electron chi connectivity index (χ3n) is 5.05. The number of nitrogens with zero attached hydrogens (tertiary/aromatic N) is 7. The second kappa shape index (κ2) is 9.40. The van der Waals surface area contributed by atoms with Crippen LogP contribution in [0.3, 0.4) is 0 Å². The van der Waals surface area contributed by atoms with Crippen LogP contribution in [-0.2, 0) is 16.6 Å². The quantitative estimate of drug-likeness (QED) is 0.360. The molecule has 0 bridgehead atoms. The maximum atomic E-state index is 13.3. The van der Waals surface area contributed by atoms with Crippen LogP contribution in [0.25, 0.3) is 10.8 Å². The topological polar surface area (TPSA) is 145 Å². The summed E-state index contributed by atoms with van der Waals surface area (Å²) in [5.74, 6) is -0.135. The van der Waals surface area contributed by atoms with E-state index in [9.17, 15) is 13.5 Å². The molecule has 0 radical (unpaired) electrons. The predicted molar refractivity (Wildman–Crippen MR) is 119 cm³/mol. The average molecular weight is 460 g/mol. The fourth-order valence-corrected chi connectivity index (χ4v) is 5.13. The Bertz CT molecular complexity index is 1300. The molecule has 0 fully saturated rings. The molecule has 11 nitrogen and oxygen atoms in total. The van der Waals surface area contributed by atoms with Gasteiger partial charge >= 0.3 is 0 Å². The normalized spacial score (nSPS) is 12.7. The fraction of sp³-hybridized carbons (Fsp3) is 0.350. The van der Waals surface area contributed by atoms with Gasteiger partial charge in [-0.2, -0.15) is 9.40 Å². The summed E-state index contributed by atoms with van der Waals surface area (Å²) in [5, 5.41) is 39.4. The maximum absolute atomic E-state index is 13.3. The number of hydrogen-bond acceptors (Lipinski definition) is 8. The zero-order valence-corrected chi connectivity index (χ0v) is 19.1. The van der Waals surface area contributed by atoms with E-state index >= 15 is 0 Å². The minimum atomic E-state index is -3.84. The molecule has 0 spiro atoms. The van der Waals surface area contributed by atoms with Crippen molar-refractivity contribution < 1.29 is 18.7 Å². The number of rotatable bonds is 8. The van der Waals surface area contributed by atoms with Gasteiger partial charge in [-0.15, -0.1) is 15.3 Å². The largest absolute Gasteiger partial charge is 0.492 e. The van der Waals surface area contributed by atoms with Gasteiger partial charge in [0, 0.05) is 35.7 Å². The molecule has 0 aliphatic heterocycles. The lowest BCUT2D eigenvalue weighted by atomic mass is 10.1. The predicted octanol–water partition coefficient (Wildman–Crippen LogP) is 4.99. The number of hydrogen-bond donors (Lipinski definition) is 2. The Morgan fingerprint density at radius 3 is 2.22 bits per heavy atom. The van der Waals surface area contributed by atoms with E-state index in [-0.39, 0.29) is 27.8 Å². The van der Waals surface area contributed by atoms with Crippen LogP contribution in [0.4, 0.5) is 17.1 Å². The fourth-order valence-electron chi connectivity index (χ4n) is 3.46. The van der Waals surface area contributed by atoms with Gasteiger partial charge in [0.05, 0.1) is 10.6 Å². The van der Waals surface area contributed by atoms with Gasteiger partial charge in [-0.3, -0.25) is 0 Å². The second-order valence-electron chi connectivity index (χ2n) is 6.84. The average Bonchev–Trinajstić information content (AvgIpc) is 3.06. The Morgan fingerprint density at radius 2 is 1.66 bits per heavy atom. The maximum Gasteiger partial charge on any atom is 0.243 e. The van der Waals surface area contributed by atoms with Gasteiger partial charge < -0.3 is 10.3 Å². The highest BCUT2D eigenvalue weighted by atomic mass is 32.2. The van der Waals surface area contributed by atoms with Crippen LogP contribution in [0.15, 0.2) is 55.8 Å². The van der Waals surface area contributed by atoms with Crippen molar-refractivity contribution in [1.29, 1.82) is 0 Å². The van der Waals surface area contributed by atoms with Gasteiger partial charge in [0.2, 0.25) is 15.9 Å². The van der Waals surface area contributed by atoms with E-state index in [1.54, 1.807) is 45.0 Å². The first kappa shape index (κ1) is 23.3. The SMILES string of the molecule is CCN(CC)S(=O)(=O)c1cc(N=NO)c(N=Nc2c(C)nn(CC)c2O)c2ccccc12. The lowest BCUT2D eigenvalue weighted by molar-refractivity contribution is 0.289. The monoisotopic (exact) mass is 459 g/mol. The molecule has 170 valence electrons. The van der Waals surface area contributed by atoms with E-state index in [4.69, 9.17) is 5.21 Å². The Hall–Kier alpha value is -3.38. The lowest BCUT2D eigenvalue weighted by Gasteiger charge is -2.20. The highest BCUT2D eigenvalue weighted by Gasteiger charge is 2.26. The summed E-state index contributed by atoms with van der Waals surface area (Å²) < 4.78 is 29.3. The first-order valence-electron chi connectivity index (χ1n) is 10.1. The minimum absolute atomic E-state index is 0.0145. The third kappa shape index (κ3) is 4.06. The molecule has 1 heterocycles. The van der Waals surface area contributed by atoms with Gasteiger partial charge in [-0.05, 0) is 19.9 Å². The highest BCUT2D eigenvalue weighted by molar-refractivity contribution is 7.89. The summed E-state index contributed by atoms with van der Waals surface area (Å²) in [5.41, 5.74) is 0.867. The molecular weight excluding hydrogens is 434 g/mol. The van der Waals surface area contributed by atoms with Crippen LogP contribution >= 0.6 is 0 Å². The van der Waals surface area contributed by atoms with Gasteiger partial charge in [-0.25, -0.2) is 13.1 Å². The van der Waals surface area contributed by atoms with E-state index in [2.05, 4.69) is 25.7 Å². The number of aromatic nitrogens is 2. The molecule has 3 rings (SSSR count). The zero-order valence-electron chi connectivity index (χ0n) is 18.3. The van der Waals surface area contributed by atoms with Crippen molar-refractivity contribution in [2.75, 3.05) is 13.1 Å². The molecule has 32 heavy (non-hydrogen) atoms. The van der Waals surface area contributed by atoms with Crippen molar-refractivity contribution in [2.45, 2.75) is 39.1 Å². The summed E-state index contributed by atoms with van der Waals surface area (Å²) >= 11 is 0. The van der Waals surface area contributed by atoms with E-state index < -0.39 is 10.0 Å². The van der Waals surface area contributed by atoms with Crippen LogP contribution in [0.1, 0.15) is 26.5 Å². The lowest BCUT2D eigenvalue weighted by Crippen LogP contribution is -2.30. The van der Waals surface area contributed by atoms with Crippen molar-refractivity contribution in [2.24, 2.45) is 20.6 Å². The van der Waals surface area contributed by atoms with E-state index in [1.807, 2.05) is 6.92 Å². The van der Waals surface area contributed by atoms with Crippen LogP contribution in [-0.4, -0.2) is 45.9 Å². The molecule has 2 aromatic carbocycles. The van der Waals surface area contributed by atoms with Gasteiger partial charge in [0.15, 0.2) is 5.69 Å². The number of aromatic hydroxyl groups is 1. The van der Waals surface area contributed by atoms with E-state index in [0.29, 0.717) is 36.1 Å². The zero-order chi connectivity index (χ0) is 23.5. The molecule has 0 aliphatic rings. The minimum Gasteiger partial charge on any atom is -0.492 e. The molecule has 3 aromatic rings. The third-order valence-corrected chi connectivity index (χ3v) is 7.14. The summed E-state index contributed by atoms with van der Waals surface area (Å²) in [7, 11) is -3.84. The van der Waals surface area contributed by atoms with Crippen LogP contribution in [0.5, 0.6) is 5.88 Å². The second-order valence-corrected chi connectivity index (χ2v) is 8.75. The smallest absolute Gasteiger partial charge is 0.243 e. The Balaban J connectivity index is 2.29. The summed E-state index contributed by atoms with van der Waals surface area (Å²) in [6.45, 7) is 8.07. The Morgan fingerprint density at radius 1 is 1.03 bits per heavy atom. The van der Waals surface area contributed by atoms with Crippen molar-refractivity contribution in [1.82, 2.24) is 14.1 Å². The van der Waals surface area contributed by atoms with Crippen LogP contribution in [0.2, 0.25) is 0 Å². The molecule has 2 N–H and O–H groups in total. The molecular formula is C20H25N7O4S. The molecule has 0 amide bonds. The molecule has 1 aromatic heterocycles. The number of fused-ring (bicyclic) bond motifs is 1. The molecule has 0 saturated carbocycles. The Labute approximate surface area is 185 Å². The molecule has 0 aliphatic carbocycles. The number of aryl methyl sites for hydroxylation is 2. The first-order valence-corrected chi connectivity index (χ1v) is 11.5. The molecule has 0 atom stereocenters. The van der Waals surface area contributed by atoms with Crippen molar-refractivity contribution in [3.8, 4) is 5.88 Å². The molecule has 12 heteroatoms. The highest BCUT2D eigenvalue weighted by Crippen LogP contribution is 2.42. The first-order chi connectivity index (χ1) is 15.3. The van der Waals surface area contributed by atoms with Gasteiger partial charge in [0.1, 0.15) is 11.4 Å². The number of azo groups is 1. The molecule has 0 unspecified atom stereocenters. The summed E-state index contributed by atoms with van der Waals surface area (Å²) in [6.07, 6.45) is 0. The number of benzene rings is 2. The van der Waals surface area contributed by atoms with Crippen LogP contribution < -0.4 is 0 Å².